The Morgan fingerprint density at radius 3 is 3.14 bits per heavy atom. The van der Waals surface area contributed by atoms with Crippen molar-refractivity contribution < 1.29 is 4.79 Å². The lowest BCUT2D eigenvalue weighted by molar-refractivity contribution is -0.120. The maximum absolute atomic E-state index is 12.1. The molecule has 1 aromatic carbocycles. The molecule has 2 aromatic rings. The number of carbonyl (C=O) groups is 1. The minimum Gasteiger partial charge on any atom is -0.361 e. The Labute approximate surface area is 124 Å². The first-order chi connectivity index (χ1) is 10.3. The van der Waals surface area contributed by atoms with Crippen LogP contribution < -0.4 is 5.43 Å². The number of amides is 1. The molecule has 110 valence electrons. The predicted molar refractivity (Wildman–Crippen MR) is 85.2 cm³/mol. The molecule has 4 nitrogen and oxygen atoms in total. The summed E-state index contributed by atoms with van der Waals surface area (Å²) in [6, 6.07) is 8.02. The summed E-state index contributed by atoms with van der Waals surface area (Å²) in [5.74, 6) is 0.507. The quantitative estimate of drug-likeness (QED) is 0.830. The van der Waals surface area contributed by atoms with Crippen molar-refractivity contribution in [2.45, 2.75) is 39.0 Å². The Morgan fingerprint density at radius 1 is 1.43 bits per heavy atom. The zero-order valence-electron chi connectivity index (χ0n) is 12.4. The average molecular weight is 283 g/mol. The molecule has 21 heavy (non-hydrogen) atoms. The van der Waals surface area contributed by atoms with Crippen LogP contribution in [0.5, 0.6) is 0 Å². The summed E-state index contributed by atoms with van der Waals surface area (Å²) in [5, 5.41) is 5.45. The number of hydrogen-bond acceptors (Lipinski definition) is 2. The molecule has 0 radical (unpaired) electrons. The normalized spacial score (nSPS) is 20.2. The number of carbonyl (C=O) groups excluding carboxylic acids is 1. The van der Waals surface area contributed by atoms with Crippen molar-refractivity contribution in [2.75, 3.05) is 0 Å². The van der Waals surface area contributed by atoms with Crippen LogP contribution in [0, 0.1) is 5.92 Å². The van der Waals surface area contributed by atoms with Gasteiger partial charge in [-0.25, -0.2) is 5.43 Å². The second kappa shape index (κ2) is 6.12. The minimum absolute atomic E-state index is 0.0472. The van der Waals surface area contributed by atoms with E-state index in [1.54, 1.807) is 0 Å². The van der Waals surface area contributed by atoms with Gasteiger partial charge in [0.15, 0.2) is 0 Å². The predicted octanol–water partition coefficient (Wildman–Crippen LogP) is 3.39. The van der Waals surface area contributed by atoms with Gasteiger partial charge in [-0.3, -0.25) is 4.79 Å². The summed E-state index contributed by atoms with van der Waals surface area (Å²) >= 11 is 0. The van der Waals surface area contributed by atoms with E-state index >= 15 is 0 Å². The number of para-hydroxylation sites is 1. The Kier molecular flexibility index (Phi) is 4.04. The number of hydrogen-bond donors (Lipinski definition) is 2. The standard InChI is InChI=1S/C17H21N3O/c1-2-12-6-5-9-15(12)19-20-17(21)10-13-11-18-16-8-4-3-7-14(13)16/h3-4,7-8,11-12,18H,2,5-6,9-10H2,1H3,(H,20,21)/b19-15-. The molecule has 1 amide bonds. The first-order valence-corrected chi connectivity index (χ1v) is 7.68. The molecule has 1 aliphatic carbocycles. The molecule has 1 saturated carbocycles. The number of hydrazone groups is 1. The second-order valence-electron chi connectivity index (χ2n) is 5.67. The van der Waals surface area contributed by atoms with E-state index in [9.17, 15) is 4.79 Å². The maximum Gasteiger partial charge on any atom is 0.244 e. The first kappa shape index (κ1) is 13.9. The fraction of sp³-hybridized carbons (Fsp3) is 0.412. The van der Waals surface area contributed by atoms with Gasteiger partial charge in [0.05, 0.1) is 6.42 Å². The number of fused-ring (bicyclic) bond motifs is 1. The molecule has 2 N–H and O–H groups in total. The van der Waals surface area contributed by atoms with Crippen molar-refractivity contribution in [1.29, 1.82) is 0 Å². The van der Waals surface area contributed by atoms with E-state index in [0.29, 0.717) is 12.3 Å². The molecule has 1 fully saturated rings. The highest BCUT2D eigenvalue weighted by atomic mass is 16.2. The van der Waals surface area contributed by atoms with E-state index in [0.717, 1.165) is 35.0 Å². The molecule has 0 aliphatic heterocycles. The third-order valence-corrected chi connectivity index (χ3v) is 4.30. The number of aromatic amines is 1. The number of benzene rings is 1. The highest BCUT2D eigenvalue weighted by Crippen LogP contribution is 2.25. The van der Waals surface area contributed by atoms with Gasteiger partial charge >= 0.3 is 0 Å². The lowest BCUT2D eigenvalue weighted by Crippen LogP contribution is -2.22. The van der Waals surface area contributed by atoms with Crippen LogP contribution in [-0.2, 0) is 11.2 Å². The van der Waals surface area contributed by atoms with Crippen molar-refractivity contribution in [2.24, 2.45) is 11.0 Å². The third-order valence-electron chi connectivity index (χ3n) is 4.30. The van der Waals surface area contributed by atoms with Crippen molar-refractivity contribution in [3.8, 4) is 0 Å². The topological polar surface area (TPSA) is 57.2 Å². The maximum atomic E-state index is 12.1. The zero-order valence-corrected chi connectivity index (χ0v) is 12.4. The van der Waals surface area contributed by atoms with Crippen LogP contribution in [0.1, 0.15) is 38.2 Å². The van der Waals surface area contributed by atoms with E-state index in [-0.39, 0.29) is 5.91 Å². The number of nitrogens with one attached hydrogen (secondary N) is 2. The molecule has 1 unspecified atom stereocenters. The van der Waals surface area contributed by atoms with E-state index in [4.69, 9.17) is 0 Å². The summed E-state index contributed by atoms with van der Waals surface area (Å²) in [5.41, 5.74) is 5.96. The molecule has 0 spiro atoms. The Morgan fingerprint density at radius 2 is 2.29 bits per heavy atom. The van der Waals surface area contributed by atoms with Gasteiger partial charge in [-0.15, -0.1) is 0 Å². The largest absolute Gasteiger partial charge is 0.361 e. The molecule has 0 bridgehead atoms. The first-order valence-electron chi connectivity index (χ1n) is 7.68. The van der Waals surface area contributed by atoms with Crippen molar-refractivity contribution in [1.82, 2.24) is 10.4 Å². The van der Waals surface area contributed by atoms with Gasteiger partial charge in [0, 0.05) is 22.8 Å². The smallest absolute Gasteiger partial charge is 0.244 e. The lowest BCUT2D eigenvalue weighted by atomic mass is 10.0. The monoisotopic (exact) mass is 283 g/mol. The van der Waals surface area contributed by atoms with E-state index in [1.807, 2.05) is 30.5 Å². The zero-order chi connectivity index (χ0) is 14.7. The Hall–Kier alpha value is -2.10. The number of nitrogens with zero attached hydrogens (tertiary/aromatic N) is 1. The van der Waals surface area contributed by atoms with Crippen LogP contribution in [0.2, 0.25) is 0 Å². The van der Waals surface area contributed by atoms with Crippen LogP contribution >= 0.6 is 0 Å². The highest BCUT2D eigenvalue weighted by molar-refractivity contribution is 5.91. The molecule has 1 atom stereocenters. The summed E-state index contributed by atoms with van der Waals surface area (Å²) in [6.07, 6.45) is 6.78. The second-order valence-corrected chi connectivity index (χ2v) is 5.67. The van der Waals surface area contributed by atoms with Gasteiger partial charge in [0.25, 0.3) is 0 Å². The molecular formula is C17H21N3O. The van der Waals surface area contributed by atoms with Crippen molar-refractivity contribution in [3.63, 3.8) is 0 Å². The summed E-state index contributed by atoms with van der Waals surface area (Å²) in [6.45, 7) is 2.18. The van der Waals surface area contributed by atoms with E-state index in [1.165, 1.54) is 12.8 Å². The van der Waals surface area contributed by atoms with Crippen molar-refractivity contribution in [3.05, 3.63) is 36.0 Å². The van der Waals surface area contributed by atoms with Crippen LogP contribution in [0.15, 0.2) is 35.6 Å². The van der Waals surface area contributed by atoms with Gasteiger partial charge in [0.2, 0.25) is 5.91 Å². The SMILES string of the molecule is CCC1CCC/C1=N/NC(=O)Cc1c[nH]c2ccccc12. The van der Waals surface area contributed by atoms with E-state index in [2.05, 4.69) is 22.4 Å². The summed E-state index contributed by atoms with van der Waals surface area (Å²) < 4.78 is 0. The molecule has 3 rings (SSSR count). The van der Waals surface area contributed by atoms with Crippen LogP contribution in [0.25, 0.3) is 10.9 Å². The molecule has 0 saturated heterocycles. The lowest BCUT2D eigenvalue weighted by Gasteiger charge is -2.07. The molecule has 4 heteroatoms. The number of H-pyrrole nitrogens is 1. The molecule has 1 aliphatic rings. The van der Waals surface area contributed by atoms with Gasteiger partial charge < -0.3 is 4.98 Å². The van der Waals surface area contributed by atoms with Gasteiger partial charge in [-0.1, -0.05) is 25.1 Å². The summed E-state index contributed by atoms with van der Waals surface area (Å²) in [4.78, 5) is 15.3. The molecule has 1 heterocycles. The van der Waals surface area contributed by atoms with Crippen molar-refractivity contribution >= 4 is 22.5 Å². The number of rotatable bonds is 4. The van der Waals surface area contributed by atoms with Crippen LogP contribution in [-0.4, -0.2) is 16.6 Å². The van der Waals surface area contributed by atoms with E-state index < -0.39 is 0 Å². The molecular weight excluding hydrogens is 262 g/mol. The van der Waals surface area contributed by atoms with Gasteiger partial charge in [0.1, 0.15) is 0 Å². The fourth-order valence-corrected chi connectivity index (χ4v) is 3.11. The summed E-state index contributed by atoms with van der Waals surface area (Å²) in [7, 11) is 0. The fourth-order valence-electron chi connectivity index (χ4n) is 3.11. The average Bonchev–Trinajstić information content (AvgIpc) is 3.12. The third kappa shape index (κ3) is 2.99. The van der Waals surface area contributed by atoms with Gasteiger partial charge in [-0.05, 0) is 43.2 Å². The molecule has 1 aromatic heterocycles. The highest BCUT2D eigenvalue weighted by Gasteiger charge is 2.21. The van der Waals surface area contributed by atoms with Crippen LogP contribution in [0.3, 0.4) is 0 Å². The Balaban J connectivity index is 1.65. The van der Waals surface area contributed by atoms with Gasteiger partial charge in [-0.2, -0.15) is 5.10 Å². The number of aromatic nitrogens is 1. The van der Waals surface area contributed by atoms with Crippen LogP contribution in [0.4, 0.5) is 0 Å². The Bertz CT molecular complexity index is 671. The minimum atomic E-state index is -0.0472.